The van der Waals surface area contributed by atoms with Crippen molar-refractivity contribution in [3.05, 3.63) is 18.4 Å². The molecule has 0 radical (unpaired) electrons. The molecule has 1 N–H and O–H groups in total. The summed E-state index contributed by atoms with van der Waals surface area (Å²) < 4.78 is 5.10. The Balaban J connectivity index is 2.05. The molecule has 0 aromatic carbocycles. The van der Waals surface area contributed by atoms with E-state index < -0.39 is 0 Å². The fourth-order valence-corrected chi connectivity index (χ4v) is 1.05. The summed E-state index contributed by atoms with van der Waals surface area (Å²) in [6.45, 7) is 7.15. The van der Waals surface area contributed by atoms with E-state index in [1.165, 1.54) is 6.39 Å². The minimum Gasteiger partial charge on any atom is -0.447 e. The second kappa shape index (κ2) is 5.78. The molecule has 0 aliphatic carbocycles. The van der Waals surface area contributed by atoms with E-state index in [1.54, 1.807) is 6.20 Å². The van der Waals surface area contributed by atoms with E-state index in [2.05, 4.69) is 36.1 Å². The third-order valence-electron chi connectivity index (χ3n) is 2.31. The molecule has 0 aliphatic heterocycles. The maximum Gasteiger partial charge on any atom is 0.180 e. The van der Waals surface area contributed by atoms with E-state index in [0.717, 1.165) is 25.4 Å². The van der Waals surface area contributed by atoms with Gasteiger partial charge >= 0.3 is 0 Å². The largest absolute Gasteiger partial charge is 0.447 e. The molecule has 0 amide bonds. The fraction of sp³-hybridized carbons (Fsp3) is 0.700. The maximum atomic E-state index is 5.10. The molecule has 0 aliphatic rings. The quantitative estimate of drug-likeness (QED) is 0.693. The summed E-state index contributed by atoms with van der Waals surface area (Å²) in [7, 11) is 2.13. The Morgan fingerprint density at radius 3 is 2.93 bits per heavy atom. The van der Waals surface area contributed by atoms with Crippen molar-refractivity contribution < 1.29 is 4.42 Å². The second-order valence-corrected chi connectivity index (χ2v) is 3.72. The summed E-state index contributed by atoms with van der Waals surface area (Å²) in [5.74, 6) is 0.886. The molecule has 0 fully saturated rings. The molecule has 80 valence electrons. The lowest BCUT2D eigenvalue weighted by atomic mass is 10.3. The van der Waals surface area contributed by atoms with Crippen LogP contribution in [0.3, 0.4) is 0 Å². The van der Waals surface area contributed by atoms with Crippen LogP contribution in [0.1, 0.15) is 19.6 Å². The Morgan fingerprint density at radius 2 is 2.36 bits per heavy atom. The minimum absolute atomic E-state index is 0.599. The van der Waals surface area contributed by atoms with Gasteiger partial charge in [-0.1, -0.05) is 0 Å². The number of likely N-dealkylation sites (N-methyl/N-ethyl adjacent to an activating group) is 1. The van der Waals surface area contributed by atoms with Gasteiger partial charge in [0.05, 0.1) is 12.7 Å². The van der Waals surface area contributed by atoms with E-state index >= 15 is 0 Å². The van der Waals surface area contributed by atoms with E-state index in [9.17, 15) is 0 Å². The molecule has 1 heterocycles. The van der Waals surface area contributed by atoms with Gasteiger partial charge in [-0.15, -0.1) is 0 Å². The molecule has 0 atom stereocenters. The van der Waals surface area contributed by atoms with Crippen molar-refractivity contribution in [1.29, 1.82) is 0 Å². The predicted molar refractivity (Wildman–Crippen MR) is 56.0 cm³/mol. The van der Waals surface area contributed by atoms with Gasteiger partial charge in [-0.25, -0.2) is 4.98 Å². The van der Waals surface area contributed by atoms with Crippen LogP contribution in [0.5, 0.6) is 0 Å². The molecule has 4 nitrogen and oxygen atoms in total. The molecule has 1 aromatic rings. The zero-order valence-corrected chi connectivity index (χ0v) is 9.16. The Labute approximate surface area is 85.3 Å². The predicted octanol–water partition coefficient (Wildman–Crippen LogP) is 1.10. The molecule has 1 rings (SSSR count). The molecule has 0 spiro atoms. The number of hydrogen-bond acceptors (Lipinski definition) is 4. The van der Waals surface area contributed by atoms with Gasteiger partial charge in [-0.05, 0) is 20.9 Å². The molecule has 0 bridgehead atoms. The van der Waals surface area contributed by atoms with Crippen LogP contribution in [0.2, 0.25) is 0 Å². The van der Waals surface area contributed by atoms with Gasteiger partial charge in [-0.2, -0.15) is 0 Å². The van der Waals surface area contributed by atoms with Crippen molar-refractivity contribution >= 4 is 0 Å². The highest BCUT2D eigenvalue weighted by atomic mass is 16.3. The van der Waals surface area contributed by atoms with Crippen molar-refractivity contribution in [3.63, 3.8) is 0 Å². The maximum absolute atomic E-state index is 5.10. The summed E-state index contributed by atoms with van der Waals surface area (Å²) in [5.41, 5.74) is 0. The summed E-state index contributed by atoms with van der Waals surface area (Å²) in [6.07, 6.45) is 3.19. The average Bonchev–Trinajstić information content (AvgIpc) is 2.64. The topological polar surface area (TPSA) is 41.3 Å². The lowest BCUT2D eigenvalue weighted by Crippen LogP contribution is -2.33. The average molecular weight is 197 g/mol. The van der Waals surface area contributed by atoms with Crippen LogP contribution < -0.4 is 5.32 Å². The van der Waals surface area contributed by atoms with Gasteiger partial charge in [0.15, 0.2) is 6.39 Å². The number of rotatable bonds is 6. The third kappa shape index (κ3) is 3.89. The zero-order chi connectivity index (χ0) is 10.4. The fourth-order valence-electron chi connectivity index (χ4n) is 1.05. The van der Waals surface area contributed by atoms with Crippen molar-refractivity contribution in [2.75, 3.05) is 20.1 Å². The van der Waals surface area contributed by atoms with Crippen molar-refractivity contribution in [2.45, 2.75) is 26.4 Å². The van der Waals surface area contributed by atoms with Crippen molar-refractivity contribution in [1.82, 2.24) is 15.2 Å². The van der Waals surface area contributed by atoms with Crippen LogP contribution in [0.15, 0.2) is 17.0 Å². The Hall–Kier alpha value is -0.870. The highest BCUT2D eigenvalue weighted by Crippen LogP contribution is 1.95. The number of aromatic nitrogens is 1. The smallest absolute Gasteiger partial charge is 0.180 e. The number of oxazole rings is 1. The monoisotopic (exact) mass is 197 g/mol. The third-order valence-corrected chi connectivity index (χ3v) is 2.31. The van der Waals surface area contributed by atoms with Gasteiger partial charge in [0.1, 0.15) is 5.76 Å². The first-order chi connectivity index (χ1) is 6.70. The lowest BCUT2D eigenvalue weighted by Gasteiger charge is -2.20. The van der Waals surface area contributed by atoms with Gasteiger partial charge < -0.3 is 14.6 Å². The van der Waals surface area contributed by atoms with Crippen LogP contribution >= 0.6 is 0 Å². The van der Waals surface area contributed by atoms with E-state index in [1.807, 2.05) is 0 Å². The van der Waals surface area contributed by atoms with Crippen LogP contribution in [-0.2, 0) is 6.54 Å². The Bertz CT molecular complexity index is 234. The van der Waals surface area contributed by atoms with Crippen molar-refractivity contribution in [3.8, 4) is 0 Å². The standard InChI is InChI=1S/C10H19N3O/c1-9(2)13(3)5-4-11-6-10-7-12-8-14-10/h7-9,11H,4-6H2,1-3H3. The number of nitrogens with zero attached hydrogens (tertiary/aromatic N) is 2. The van der Waals surface area contributed by atoms with Crippen LogP contribution in [0.4, 0.5) is 0 Å². The SMILES string of the molecule is CC(C)N(C)CCNCc1cnco1. The Kier molecular flexibility index (Phi) is 4.62. The number of nitrogens with one attached hydrogen (secondary N) is 1. The highest BCUT2D eigenvalue weighted by Gasteiger charge is 2.01. The van der Waals surface area contributed by atoms with Crippen LogP contribution in [0.25, 0.3) is 0 Å². The first-order valence-electron chi connectivity index (χ1n) is 4.98. The summed E-state index contributed by atoms with van der Waals surface area (Å²) in [6, 6.07) is 0.599. The van der Waals surface area contributed by atoms with Crippen LogP contribution in [0, 0.1) is 0 Å². The molecule has 14 heavy (non-hydrogen) atoms. The van der Waals surface area contributed by atoms with Gasteiger partial charge in [-0.3, -0.25) is 0 Å². The molecule has 1 aromatic heterocycles. The molecule has 0 unspecified atom stereocenters. The van der Waals surface area contributed by atoms with E-state index in [0.29, 0.717) is 6.04 Å². The number of hydrogen-bond donors (Lipinski definition) is 1. The van der Waals surface area contributed by atoms with Crippen LogP contribution in [-0.4, -0.2) is 36.1 Å². The molecular weight excluding hydrogens is 178 g/mol. The highest BCUT2D eigenvalue weighted by molar-refractivity contribution is 4.86. The normalized spacial score (nSPS) is 11.5. The first-order valence-corrected chi connectivity index (χ1v) is 4.98. The van der Waals surface area contributed by atoms with Crippen molar-refractivity contribution in [2.24, 2.45) is 0 Å². The molecular formula is C10H19N3O. The van der Waals surface area contributed by atoms with E-state index in [4.69, 9.17) is 4.42 Å². The molecule has 0 saturated carbocycles. The summed E-state index contributed by atoms with van der Waals surface area (Å²) in [4.78, 5) is 6.15. The van der Waals surface area contributed by atoms with Gasteiger partial charge in [0.25, 0.3) is 0 Å². The summed E-state index contributed by atoms with van der Waals surface area (Å²) >= 11 is 0. The lowest BCUT2D eigenvalue weighted by molar-refractivity contribution is 0.272. The minimum atomic E-state index is 0.599. The van der Waals surface area contributed by atoms with Gasteiger partial charge in [0, 0.05) is 19.1 Å². The molecule has 4 heteroatoms. The molecule has 0 saturated heterocycles. The van der Waals surface area contributed by atoms with Gasteiger partial charge in [0.2, 0.25) is 0 Å². The first kappa shape index (κ1) is 11.2. The zero-order valence-electron chi connectivity index (χ0n) is 9.16. The summed E-state index contributed by atoms with van der Waals surface area (Å²) in [5, 5.41) is 3.30. The second-order valence-electron chi connectivity index (χ2n) is 3.72. The van der Waals surface area contributed by atoms with E-state index in [-0.39, 0.29) is 0 Å². The Morgan fingerprint density at radius 1 is 1.57 bits per heavy atom.